The quantitative estimate of drug-likeness (QED) is 0.443. The number of fused-ring (bicyclic) bond motifs is 2. The van der Waals surface area contributed by atoms with Gasteiger partial charge in [0.15, 0.2) is 0 Å². The number of anilines is 2. The van der Waals surface area contributed by atoms with Crippen LogP contribution >= 0.6 is 0 Å². The van der Waals surface area contributed by atoms with Gasteiger partial charge in [-0.15, -0.1) is 0 Å². The van der Waals surface area contributed by atoms with Crippen LogP contribution < -0.4 is 9.64 Å². The van der Waals surface area contributed by atoms with Gasteiger partial charge in [0.1, 0.15) is 11.4 Å². The Bertz CT molecular complexity index is 1290. The van der Waals surface area contributed by atoms with Gasteiger partial charge in [-0.3, -0.25) is 9.69 Å². The Morgan fingerprint density at radius 1 is 0.970 bits per heavy atom. The van der Waals surface area contributed by atoms with Gasteiger partial charge in [0, 0.05) is 5.69 Å². The molecule has 1 unspecified atom stereocenters. The van der Waals surface area contributed by atoms with E-state index in [1.807, 2.05) is 17.0 Å². The summed E-state index contributed by atoms with van der Waals surface area (Å²) in [5.41, 5.74) is 6.96. The number of hydrogen-bond donors (Lipinski definition) is 0. The van der Waals surface area contributed by atoms with Crippen molar-refractivity contribution in [3.05, 3.63) is 88.5 Å². The number of rotatable bonds is 3. The molecule has 2 aliphatic heterocycles. The minimum absolute atomic E-state index is 0.119. The van der Waals surface area contributed by atoms with Crippen molar-refractivity contribution >= 4 is 17.3 Å². The van der Waals surface area contributed by atoms with Gasteiger partial charge in [-0.05, 0) is 111 Å². The zero-order valence-corrected chi connectivity index (χ0v) is 19.9. The number of aryl methyl sites for hydroxylation is 2. The summed E-state index contributed by atoms with van der Waals surface area (Å²) in [4.78, 5) is 16.2. The Labute approximate surface area is 196 Å². The fraction of sp³-hybridized carbons (Fsp3) is 0.367. The third-order valence-corrected chi connectivity index (χ3v) is 7.76. The van der Waals surface area contributed by atoms with Crippen LogP contribution in [0.15, 0.2) is 60.7 Å². The fourth-order valence-electron chi connectivity index (χ4n) is 5.54. The smallest absolute Gasteiger partial charge is 0.246 e. The van der Waals surface area contributed by atoms with Crippen molar-refractivity contribution in [2.45, 2.75) is 70.3 Å². The maximum Gasteiger partial charge on any atom is 0.246 e. The molecule has 0 spiro atoms. The van der Waals surface area contributed by atoms with Gasteiger partial charge in [0.05, 0.1) is 11.1 Å². The monoisotopic (exact) mass is 437 g/mol. The van der Waals surface area contributed by atoms with Crippen LogP contribution in [-0.2, 0) is 16.6 Å². The van der Waals surface area contributed by atoms with Gasteiger partial charge < -0.3 is 4.74 Å². The molecule has 0 N–H and O–H groups in total. The van der Waals surface area contributed by atoms with Crippen molar-refractivity contribution in [1.29, 1.82) is 0 Å². The zero-order valence-electron chi connectivity index (χ0n) is 19.9. The summed E-state index contributed by atoms with van der Waals surface area (Å²) in [6.07, 6.45) is 4.44. The predicted molar refractivity (Wildman–Crippen MR) is 133 cm³/mol. The summed E-state index contributed by atoms with van der Waals surface area (Å²) < 4.78 is 6.23. The molecule has 3 heteroatoms. The largest absolute Gasteiger partial charge is 0.488 e. The minimum Gasteiger partial charge on any atom is -0.488 e. The topological polar surface area (TPSA) is 29.5 Å². The third kappa shape index (κ3) is 3.20. The molecule has 3 aromatic carbocycles. The highest BCUT2D eigenvalue weighted by Gasteiger charge is 2.50. The van der Waals surface area contributed by atoms with Crippen LogP contribution in [0, 0.1) is 6.92 Å². The molecule has 33 heavy (non-hydrogen) atoms. The number of hydrogen-bond acceptors (Lipinski definition) is 2. The zero-order chi connectivity index (χ0) is 23.0. The molecule has 1 fully saturated rings. The third-order valence-electron chi connectivity index (χ3n) is 7.76. The second kappa shape index (κ2) is 6.96. The molecule has 3 aliphatic rings. The molecule has 1 amide bonds. The van der Waals surface area contributed by atoms with Gasteiger partial charge in [-0.1, -0.05) is 36.4 Å². The van der Waals surface area contributed by atoms with Gasteiger partial charge >= 0.3 is 0 Å². The number of carbonyl (C=O) groups is 1. The van der Waals surface area contributed by atoms with Crippen molar-refractivity contribution in [3.63, 3.8) is 0 Å². The minimum atomic E-state index is -0.730. The highest BCUT2D eigenvalue weighted by molar-refractivity contribution is 6.14. The average Bonchev–Trinajstić information content (AvgIpc) is 3.60. The first kappa shape index (κ1) is 20.5. The normalized spacial score (nSPS) is 23.2. The van der Waals surface area contributed by atoms with Crippen molar-refractivity contribution in [2.75, 3.05) is 4.90 Å². The lowest BCUT2D eigenvalue weighted by Crippen LogP contribution is -2.37. The van der Waals surface area contributed by atoms with Crippen molar-refractivity contribution in [1.82, 2.24) is 0 Å². The molecule has 1 atom stereocenters. The molecular formula is C30H31NO2. The average molecular weight is 438 g/mol. The van der Waals surface area contributed by atoms with E-state index < -0.39 is 5.41 Å². The molecule has 168 valence electrons. The lowest BCUT2D eigenvalue weighted by atomic mass is 9.75. The van der Waals surface area contributed by atoms with Crippen LogP contribution in [0.5, 0.6) is 5.75 Å². The van der Waals surface area contributed by atoms with Gasteiger partial charge in [-0.25, -0.2) is 0 Å². The van der Waals surface area contributed by atoms with E-state index in [9.17, 15) is 4.79 Å². The van der Waals surface area contributed by atoms with E-state index in [1.165, 1.54) is 24.0 Å². The molecule has 1 saturated carbocycles. The molecule has 0 bridgehead atoms. The summed E-state index contributed by atoms with van der Waals surface area (Å²) in [7, 11) is 0. The fourth-order valence-corrected chi connectivity index (χ4v) is 5.54. The van der Waals surface area contributed by atoms with Crippen molar-refractivity contribution < 1.29 is 9.53 Å². The lowest BCUT2D eigenvalue weighted by Gasteiger charge is -2.34. The Balaban J connectivity index is 1.52. The van der Waals surface area contributed by atoms with Crippen molar-refractivity contribution in [3.8, 4) is 5.75 Å². The van der Waals surface area contributed by atoms with Gasteiger partial charge in [0.25, 0.3) is 0 Å². The molecule has 1 aliphatic carbocycles. The van der Waals surface area contributed by atoms with Crippen LogP contribution in [-0.4, -0.2) is 11.5 Å². The highest BCUT2D eigenvalue weighted by atomic mass is 16.5. The Morgan fingerprint density at radius 3 is 2.55 bits per heavy atom. The lowest BCUT2D eigenvalue weighted by molar-refractivity contribution is -0.120. The summed E-state index contributed by atoms with van der Waals surface area (Å²) in [6.45, 7) is 8.46. The van der Waals surface area contributed by atoms with E-state index in [1.54, 1.807) is 0 Å². The van der Waals surface area contributed by atoms with Crippen LogP contribution in [0.2, 0.25) is 0 Å². The summed E-state index contributed by atoms with van der Waals surface area (Å²) in [5, 5.41) is 0. The van der Waals surface area contributed by atoms with Gasteiger partial charge in [-0.2, -0.15) is 0 Å². The van der Waals surface area contributed by atoms with E-state index in [0.29, 0.717) is 5.92 Å². The maximum atomic E-state index is 14.3. The van der Waals surface area contributed by atoms with Crippen LogP contribution in [0.4, 0.5) is 11.4 Å². The Hall–Kier alpha value is -3.07. The number of nitrogens with zero attached hydrogens (tertiary/aromatic N) is 1. The summed E-state index contributed by atoms with van der Waals surface area (Å²) >= 11 is 0. The van der Waals surface area contributed by atoms with Crippen LogP contribution in [0.25, 0.3) is 0 Å². The molecular weight excluding hydrogens is 406 g/mol. The van der Waals surface area contributed by atoms with E-state index in [2.05, 4.69) is 76.2 Å². The van der Waals surface area contributed by atoms with E-state index >= 15 is 0 Å². The second-order valence-electron chi connectivity index (χ2n) is 10.8. The van der Waals surface area contributed by atoms with Crippen molar-refractivity contribution in [2.24, 2.45) is 0 Å². The molecule has 2 heterocycles. The number of amides is 1. The van der Waals surface area contributed by atoms with Crippen LogP contribution in [0.3, 0.4) is 0 Å². The number of benzene rings is 3. The molecule has 0 radical (unpaired) electrons. The van der Waals surface area contributed by atoms with E-state index in [-0.39, 0.29) is 11.5 Å². The standard InChI is InChI=1S/C30H31NO2/c1-19-6-5-7-24(16-19)31-26-12-10-21(20-8-9-20)18-25(26)30(4,28(31)32)23-11-13-27-22(17-23)14-15-29(2,3)33-27/h5-7,10-13,16-18,20H,8-9,14-15H2,1-4H3. The molecule has 3 aromatic rings. The SMILES string of the molecule is Cc1cccc(N2C(=O)C(C)(c3ccc4c(c3)CCC(C)(C)O4)c3cc(C4CC4)ccc32)c1. The number of ether oxygens (including phenoxy) is 1. The number of carbonyl (C=O) groups excluding carboxylic acids is 1. The Kier molecular flexibility index (Phi) is 4.33. The maximum absolute atomic E-state index is 14.3. The first-order chi connectivity index (χ1) is 15.8. The summed E-state index contributed by atoms with van der Waals surface area (Å²) in [6, 6.07) is 21.3. The molecule has 0 saturated heterocycles. The molecule has 0 aromatic heterocycles. The second-order valence-corrected chi connectivity index (χ2v) is 10.8. The Morgan fingerprint density at radius 2 is 1.79 bits per heavy atom. The van der Waals surface area contributed by atoms with E-state index in [4.69, 9.17) is 4.74 Å². The first-order valence-corrected chi connectivity index (χ1v) is 12.1. The first-order valence-electron chi connectivity index (χ1n) is 12.1. The summed E-state index contributed by atoms with van der Waals surface area (Å²) in [5.74, 6) is 1.71. The molecule has 6 rings (SSSR count). The van der Waals surface area contributed by atoms with Gasteiger partial charge in [0.2, 0.25) is 5.91 Å². The predicted octanol–water partition coefficient (Wildman–Crippen LogP) is 6.96. The highest BCUT2D eigenvalue weighted by Crippen LogP contribution is 2.52. The van der Waals surface area contributed by atoms with Crippen LogP contribution in [0.1, 0.15) is 73.8 Å². The molecule has 3 nitrogen and oxygen atoms in total. The van der Waals surface area contributed by atoms with E-state index in [0.717, 1.165) is 46.7 Å².